The molecule has 2 aromatic rings. The summed E-state index contributed by atoms with van der Waals surface area (Å²) in [5.41, 5.74) is 2.27. The van der Waals surface area contributed by atoms with E-state index in [9.17, 15) is 0 Å². The van der Waals surface area contributed by atoms with Crippen LogP contribution < -0.4 is 14.8 Å². The zero-order chi connectivity index (χ0) is 14.8. The number of likely N-dealkylation sites (N-methyl/N-ethyl adjacent to an activating group) is 1. The molecule has 0 bridgehead atoms. The second kappa shape index (κ2) is 5.96. The van der Waals surface area contributed by atoms with Crippen LogP contribution in [0.4, 0.5) is 0 Å². The Morgan fingerprint density at radius 1 is 1.29 bits per heavy atom. The van der Waals surface area contributed by atoms with E-state index in [-0.39, 0.29) is 12.1 Å². The highest BCUT2D eigenvalue weighted by atomic mass is 35.5. The van der Waals surface area contributed by atoms with Crippen LogP contribution in [0, 0.1) is 0 Å². The van der Waals surface area contributed by atoms with E-state index >= 15 is 0 Å². The maximum absolute atomic E-state index is 6.40. The van der Waals surface area contributed by atoms with Crippen molar-refractivity contribution in [1.29, 1.82) is 0 Å². The fourth-order valence-corrected chi connectivity index (χ4v) is 3.11. The van der Waals surface area contributed by atoms with E-state index in [2.05, 4.69) is 11.4 Å². The van der Waals surface area contributed by atoms with Crippen molar-refractivity contribution in [3.8, 4) is 11.5 Å². The Bertz CT molecular complexity index is 619. The monoisotopic (exact) mass is 303 g/mol. The molecule has 0 spiro atoms. The molecule has 0 radical (unpaired) electrons. The fraction of sp³-hybridized carbons (Fsp3) is 0.294. The Labute approximate surface area is 129 Å². The normalized spacial score (nSPS) is 18.0. The summed E-state index contributed by atoms with van der Waals surface area (Å²) in [6.07, 6.45) is 0.919. The number of benzene rings is 2. The quantitative estimate of drug-likeness (QED) is 0.936. The summed E-state index contributed by atoms with van der Waals surface area (Å²) < 4.78 is 11.3. The van der Waals surface area contributed by atoms with Crippen LogP contribution in [0.2, 0.25) is 5.02 Å². The number of halogens is 1. The lowest BCUT2D eigenvalue weighted by atomic mass is 9.97. The lowest BCUT2D eigenvalue weighted by Crippen LogP contribution is -2.32. The second-order valence-electron chi connectivity index (χ2n) is 5.12. The largest absolute Gasteiger partial charge is 0.497 e. The van der Waals surface area contributed by atoms with Gasteiger partial charge in [0.2, 0.25) is 0 Å². The first-order chi connectivity index (χ1) is 10.2. The Morgan fingerprint density at radius 2 is 2.10 bits per heavy atom. The second-order valence-corrected chi connectivity index (χ2v) is 5.53. The molecule has 0 aliphatic carbocycles. The molecule has 21 heavy (non-hydrogen) atoms. The molecule has 4 heteroatoms. The highest BCUT2D eigenvalue weighted by Crippen LogP contribution is 2.36. The van der Waals surface area contributed by atoms with E-state index in [1.807, 2.05) is 43.4 Å². The lowest BCUT2D eigenvalue weighted by molar-refractivity contribution is 0.183. The van der Waals surface area contributed by atoms with Gasteiger partial charge in [-0.3, -0.25) is 0 Å². The van der Waals surface area contributed by atoms with Gasteiger partial charge in [0, 0.05) is 11.4 Å². The lowest BCUT2D eigenvalue weighted by Gasteiger charge is -2.24. The van der Waals surface area contributed by atoms with Crippen LogP contribution in [0.1, 0.15) is 17.2 Å². The van der Waals surface area contributed by atoms with E-state index < -0.39 is 0 Å². The minimum Gasteiger partial charge on any atom is -0.497 e. The fourth-order valence-electron chi connectivity index (χ4n) is 2.82. The Balaban J connectivity index is 1.87. The van der Waals surface area contributed by atoms with Gasteiger partial charge >= 0.3 is 0 Å². The van der Waals surface area contributed by atoms with Crippen LogP contribution in [0.3, 0.4) is 0 Å². The molecule has 3 rings (SSSR count). The molecular weight excluding hydrogens is 286 g/mol. The van der Waals surface area contributed by atoms with Gasteiger partial charge in [-0.1, -0.05) is 35.9 Å². The summed E-state index contributed by atoms with van der Waals surface area (Å²) in [7, 11) is 3.56. The van der Waals surface area contributed by atoms with Gasteiger partial charge < -0.3 is 14.8 Å². The third-order valence-electron chi connectivity index (χ3n) is 3.90. The molecule has 110 valence electrons. The number of methoxy groups -OCH3 is 1. The predicted molar refractivity (Wildman–Crippen MR) is 84.4 cm³/mol. The average Bonchev–Trinajstić information content (AvgIpc) is 2.93. The molecule has 2 aromatic carbocycles. The van der Waals surface area contributed by atoms with Gasteiger partial charge in [0.05, 0.1) is 13.2 Å². The third-order valence-corrected chi connectivity index (χ3v) is 4.22. The van der Waals surface area contributed by atoms with Crippen LogP contribution in [-0.4, -0.2) is 20.3 Å². The first-order valence-corrected chi connectivity index (χ1v) is 7.36. The summed E-state index contributed by atoms with van der Waals surface area (Å²) >= 11 is 6.40. The van der Waals surface area contributed by atoms with Gasteiger partial charge in [-0.25, -0.2) is 0 Å². The Hall–Kier alpha value is -1.71. The molecule has 0 amide bonds. The molecule has 2 unspecified atom stereocenters. The maximum Gasteiger partial charge on any atom is 0.123 e. The summed E-state index contributed by atoms with van der Waals surface area (Å²) in [5.74, 6) is 1.72. The minimum atomic E-state index is 0.0378. The van der Waals surface area contributed by atoms with Crippen LogP contribution in [-0.2, 0) is 6.42 Å². The van der Waals surface area contributed by atoms with Crippen LogP contribution in [0.25, 0.3) is 0 Å². The zero-order valence-corrected chi connectivity index (χ0v) is 12.9. The Kier molecular flexibility index (Phi) is 4.04. The molecule has 0 saturated carbocycles. The van der Waals surface area contributed by atoms with Crippen molar-refractivity contribution in [3.63, 3.8) is 0 Å². The highest BCUT2D eigenvalue weighted by molar-refractivity contribution is 6.31. The van der Waals surface area contributed by atoms with E-state index in [1.165, 1.54) is 5.56 Å². The van der Waals surface area contributed by atoms with Gasteiger partial charge in [-0.05, 0) is 36.4 Å². The minimum absolute atomic E-state index is 0.0378. The maximum atomic E-state index is 6.40. The molecule has 2 atom stereocenters. The Morgan fingerprint density at radius 3 is 2.76 bits per heavy atom. The van der Waals surface area contributed by atoms with Gasteiger partial charge in [0.25, 0.3) is 0 Å². The standard InChI is InChI=1S/C17H18ClNO2/c1-19-17(13-8-7-12(20-2)10-14(13)18)16-9-11-5-3-4-6-15(11)21-16/h3-8,10,16-17,19H,9H2,1-2H3. The summed E-state index contributed by atoms with van der Waals surface area (Å²) in [6.45, 7) is 0. The highest BCUT2D eigenvalue weighted by Gasteiger charge is 2.31. The van der Waals surface area contributed by atoms with Crippen molar-refractivity contribution < 1.29 is 9.47 Å². The first kappa shape index (κ1) is 14.2. The smallest absolute Gasteiger partial charge is 0.123 e. The summed E-state index contributed by atoms with van der Waals surface area (Å²) in [4.78, 5) is 0. The van der Waals surface area contributed by atoms with Crippen molar-refractivity contribution in [1.82, 2.24) is 5.32 Å². The number of rotatable bonds is 4. The zero-order valence-electron chi connectivity index (χ0n) is 12.1. The van der Waals surface area contributed by atoms with Gasteiger partial charge in [-0.2, -0.15) is 0 Å². The van der Waals surface area contributed by atoms with Crippen LogP contribution in [0.15, 0.2) is 42.5 Å². The average molecular weight is 304 g/mol. The SMILES string of the molecule is CNC(c1ccc(OC)cc1Cl)C1Cc2ccccc2O1. The van der Waals surface area contributed by atoms with Crippen molar-refractivity contribution in [2.24, 2.45) is 0 Å². The predicted octanol–water partition coefficient (Wildman–Crippen LogP) is 3.61. The number of hydrogen-bond acceptors (Lipinski definition) is 3. The number of para-hydroxylation sites is 1. The van der Waals surface area contributed by atoms with E-state index in [4.69, 9.17) is 21.1 Å². The third kappa shape index (κ3) is 2.71. The van der Waals surface area contributed by atoms with Gasteiger partial charge in [-0.15, -0.1) is 0 Å². The molecule has 1 N–H and O–H groups in total. The van der Waals surface area contributed by atoms with E-state index in [1.54, 1.807) is 7.11 Å². The molecule has 0 aromatic heterocycles. The molecular formula is C17H18ClNO2. The molecule has 0 fully saturated rings. The van der Waals surface area contributed by atoms with Crippen molar-refractivity contribution in [2.45, 2.75) is 18.6 Å². The molecule has 1 aliphatic rings. The van der Waals surface area contributed by atoms with Crippen molar-refractivity contribution in [2.75, 3.05) is 14.2 Å². The molecule has 0 saturated heterocycles. The van der Waals surface area contributed by atoms with Gasteiger partial charge in [0.15, 0.2) is 0 Å². The van der Waals surface area contributed by atoms with Crippen molar-refractivity contribution >= 4 is 11.6 Å². The van der Waals surface area contributed by atoms with E-state index in [0.717, 1.165) is 23.5 Å². The molecule has 1 heterocycles. The summed E-state index contributed by atoms with van der Waals surface area (Å²) in [5, 5.41) is 4.01. The van der Waals surface area contributed by atoms with E-state index in [0.29, 0.717) is 5.02 Å². The number of hydrogen-bond donors (Lipinski definition) is 1. The molecule has 1 aliphatic heterocycles. The summed E-state index contributed by atoms with van der Waals surface area (Å²) in [6, 6.07) is 14.0. The number of ether oxygens (including phenoxy) is 2. The van der Waals surface area contributed by atoms with Crippen LogP contribution >= 0.6 is 11.6 Å². The number of nitrogens with one attached hydrogen (secondary N) is 1. The topological polar surface area (TPSA) is 30.5 Å². The molecule has 3 nitrogen and oxygen atoms in total. The van der Waals surface area contributed by atoms with Gasteiger partial charge in [0.1, 0.15) is 17.6 Å². The van der Waals surface area contributed by atoms with Crippen molar-refractivity contribution in [3.05, 3.63) is 58.6 Å². The first-order valence-electron chi connectivity index (χ1n) is 6.98. The van der Waals surface area contributed by atoms with Crippen LogP contribution in [0.5, 0.6) is 11.5 Å². The number of fused-ring (bicyclic) bond motifs is 1.